The zero-order chi connectivity index (χ0) is 14.6. The van der Waals surface area contributed by atoms with Crippen LogP contribution in [0.25, 0.3) is 0 Å². The highest BCUT2D eigenvalue weighted by molar-refractivity contribution is 7.90. The van der Waals surface area contributed by atoms with Crippen LogP contribution in [0.4, 0.5) is 5.69 Å². The van der Waals surface area contributed by atoms with Gasteiger partial charge in [0.15, 0.2) is 9.84 Å². The summed E-state index contributed by atoms with van der Waals surface area (Å²) in [4.78, 5) is 0.339. The Balaban J connectivity index is 2.03. The summed E-state index contributed by atoms with van der Waals surface area (Å²) in [5, 5.41) is 3.25. The van der Waals surface area contributed by atoms with E-state index in [1.54, 1.807) is 18.2 Å². The fourth-order valence-corrected chi connectivity index (χ4v) is 2.70. The Hall–Kier alpha value is -1.75. The summed E-state index contributed by atoms with van der Waals surface area (Å²) in [5.41, 5.74) is 2.00. The van der Waals surface area contributed by atoms with Crippen LogP contribution in [0.3, 0.4) is 0 Å². The van der Waals surface area contributed by atoms with E-state index in [9.17, 15) is 8.42 Å². The van der Waals surface area contributed by atoms with Crippen molar-refractivity contribution in [2.45, 2.75) is 31.3 Å². The molecular formula is C15H20N2O2S. The lowest BCUT2D eigenvalue weighted by Gasteiger charge is -2.07. The SMILES string of the molecule is CCCn1ccc(CNc2cccc(S(C)(=O)=O)c2)c1. The van der Waals surface area contributed by atoms with Crippen LogP contribution in [0.2, 0.25) is 0 Å². The van der Waals surface area contributed by atoms with Gasteiger partial charge in [0, 0.05) is 37.4 Å². The van der Waals surface area contributed by atoms with Crippen molar-refractivity contribution in [2.75, 3.05) is 11.6 Å². The lowest BCUT2D eigenvalue weighted by atomic mass is 10.3. The minimum atomic E-state index is -3.16. The molecule has 0 aliphatic rings. The third-order valence-electron chi connectivity index (χ3n) is 3.05. The number of anilines is 1. The molecule has 108 valence electrons. The summed E-state index contributed by atoms with van der Waals surface area (Å²) in [5.74, 6) is 0. The molecule has 0 atom stereocenters. The summed E-state index contributed by atoms with van der Waals surface area (Å²) in [6, 6.07) is 8.97. The number of aryl methyl sites for hydroxylation is 1. The molecule has 4 nitrogen and oxygen atoms in total. The minimum Gasteiger partial charge on any atom is -0.381 e. The largest absolute Gasteiger partial charge is 0.381 e. The maximum Gasteiger partial charge on any atom is 0.175 e. The van der Waals surface area contributed by atoms with Crippen LogP contribution in [0.1, 0.15) is 18.9 Å². The summed E-state index contributed by atoms with van der Waals surface area (Å²) >= 11 is 0. The zero-order valence-electron chi connectivity index (χ0n) is 11.8. The molecular weight excluding hydrogens is 272 g/mol. The molecule has 0 aliphatic carbocycles. The molecule has 1 heterocycles. The molecule has 1 N–H and O–H groups in total. The molecule has 2 rings (SSSR count). The highest BCUT2D eigenvalue weighted by atomic mass is 32.2. The van der Waals surface area contributed by atoms with E-state index >= 15 is 0 Å². The van der Waals surface area contributed by atoms with E-state index in [0.717, 1.165) is 18.7 Å². The van der Waals surface area contributed by atoms with E-state index in [2.05, 4.69) is 35.3 Å². The van der Waals surface area contributed by atoms with E-state index in [4.69, 9.17) is 0 Å². The number of aromatic nitrogens is 1. The van der Waals surface area contributed by atoms with E-state index in [1.807, 2.05) is 6.07 Å². The van der Waals surface area contributed by atoms with Crippen LogP contribution in [0.5, 0.6) is 0 Å². The Morgan fingerprint density at radius 1 is 1.25 bits per heavy atom. The molecule has 0 bridgehead atoms. The van der Waals surface area contributed by atoms with Gasteiger partial charge in [0.2, 0.25) is 0 Å². The molecule has 0 aliphatic heterocycles. The van der Waals surface area contributed by atoms with Crippen LogP contribution < -0.4 is 5.32 Å². The quantitative estimate of drug-likeness (QED) is 0.890. The zero-order valence-corrected chi connectivity index (χ0v) is 12.7. The summed E-state index contributed by atoms with van der Waals surface area (Å²) in [6.07, 6.45) is 6.50. The molecule has 1 aromatic heterocycles. The minimum absolute atomic E-state index is 0.339. The number of hydrogen-bond acceptors (Lipinski definition) is 3. The number of hydrogen-bond donors (Lipinski definition) is 1. The van der Waals surface area contributed by atoms with Gasteiger partial charge in [-0.2, -0.15) is 0 Å². The smallest absolute Gasteiger partial charge is 0.175 e. The molecule has 0 saturated heterocycles. The van der Waals surface area contributed by atoms with Crippen LogP contribution >= 0.6 is 0 Å². The van der Waals surface area contributed by atoms with E-state index in [1.165, 1.54) is 11.8 Å². The lowest BCUT2D eigenvalue weighted by molar-refractivity contribution is 0.602. The monoisotopic (exact) mass is 292 g/mol. The molecule has 20 heavy (non-hydrogen) atoms. The Morgan fingerprint density at radius 2 is 2.05 bits per heavy atom. The molecule has 0 spiro atoms. The second-order valence-corrected chi connectivity index (χ2v) is 6.93. The molecule has 0 saturated carbocycles. The molecule has 1 aromatic carbocycles. The lowest BCUT2D eigenvalue weighted by Crippen LogP contribution is -2.01. The first-order valence-electron chi connectivity index (χ1n) is 6.67. The maximum atomic E-state index is 11.5. The predicted octanol–water partition coefficient (Wildman–Crippen LogP) is 2.91. The molecule has 0 fully saturated rings. The maximum absolute atomic E-state index is 11.5. The molecule has 0 unspecified atom stereocenters. The third kappa shape index (κ3) is 3.87. The van der Waals surface area contributed by atoms with Gasteiger partial charge in [0.25, 0.3) is 0 Å². The Bertz CT molecular complexity index is 675. The summed E-state index contributed by atoms with van der Waals surface area (Å²) < 4.78 is 25.2. The van der Waals surface area contributed by atoms with Crippen molar-refractivity contribution in [3.8, 4) is 0 Å². The number of sulfone groups is 1. The highest BCUT2D eigenvalue weighted by Crippen LogP contribution is 2.16. The predicted molar refractivity (Wildman–Crippen MR) is 81.6 cm³/mol. The van der Waals surface area contributed by atoms with E-state index in [0.29, 0.717) is 11.4 Å². The van der Waals surface area contributed by atoms with Crippen molar-refractivity contribution in [2.24, 2.45) is 0 Å². The molecule has 5 heteroatoms. The first-order chi connectivity index (χ1) is 9.49. The molecule has 0 amide bonds. The highest BCUT2D eigenvalue weighted by Gasteiger charge is 2.07. The first-order valence-corrected chi connectivity index (χ1v) is 8.57. The van der Waals surface area contributed by atoms with Crippen LogP contribution in [0, 0.1) is 0 Å². The fourth-order valence-electron chi connectivity index (χ4n) is 2.03. The first kappa shape index (κ1) is 14.7. The Kier molecular flexibility index (Phi) is 4.49. The van der Waals surface area contributed by atoms with E-state index in [-0.39, 0.29) is 0 Å². The van der Waals surface area contributed by atoms with Crippen molar-refractivity contribution in [3.63, 3.8) is 0 Å². The van der Waals surface area contributed by atoms with Gasteiger partial charge in [0.1, 0.15) is 0 Å². The fraction of sp³-hybridized carbons (Fsp3) is 0.333. The summed E-state index contributed by atoms with van der Waals surface area (Å²) in [7, 11) is -3.16. The van der Waals surface area contributed by atoms with Crippen molar-refractivity contribution >= 4 is 15.5 Å². The second kappa shape index (κ2) is 6.13. The number of nitrogens with one attached hydrogen (secondary N) is 1. The van der Waals surface area contributed by atoms with Crippen LogP contribution in [-0.4, -0.2) is 19.2 Å². The Morgan fingerprint density at radius 3 is 2.75 bits per heavy atom. The van der Waals surface area contributed by atoms with Crippen molar-refractivity contribution < 1.29 is 8.42 Å². The van der Waals surface area contributed by atoms with Gasteiger partial charge in [-0.25, -0.2) is 8.42 Å². The average Bonchev–Trinajstić information content (AvgIpc) is 2.84. The van der Waals surface area contributed by atoms with Crippen LogP contribution in [-0.2, 0) is 22.9 Å². The van der Waals surface area contributed by atoms with Gasteiger partial charge in [0.05, 0.1) is 4.90 Å². The average molecular weight is 292 g/mol. The topological polar surface area (TPSA) is 51.1 Å². The van der Waals surface area contributed by atoms with E-state index < -0.39 is 9.84 Å². The van der Waals surface area contributed by atoms with Crippen molar-refractivity contribution in [3.05, 3.63) is 48.3 Å². The van der Waals surface area contributed by atoms with Crippen LogP contribution in [0.15, 0.2) is 47.6 Å². The van der Waals surface area contributed by atoms with Crippen molar-refractivity contribution in [1.29, 1.82) is 0 Å². The van der Waals surface area contributed by atoms with Gasteiger partial charge in [-0.1, -0.05) is 13.0 Å². The number of nitrogens with zero attached hydrogens (tertiary/aromatic N) is 1. The third-order valence-corrected chi connectivity index (χ3v) is 4.16. The van der Waals surface area contributed by atoms with Gasteiger partial charge in [-0.15, -0.1) is 0 Å². The number of rotatable bonds is 6. The van der Waals surface area contributed by atoms with Gasteiger partial charge in [-0.3, -0.25) is 0 Å². The van der Waals surface area contributed by atoms with Gasteiger partial charge >= 0.3 is 0 Å². The summed E-state index contributed by atoms with van der Waals surface area (Å²) in [6.45, 7) is 3.85. The second-order valence-electron chi connectivity index (χ2n) is 4.91. The standard InChI is InChI=1S/C15H20N2O2S/c1-3-8-17-9-7-13(12-17)11-16-14-5-4-6-15(10-14)20(2,18)19/h4-7,9-10,12,16H,3,8,11H2,1-2H3. The van der Waals surface area contributed by atoms with Gasteiger partial charge in [-0.05, 0) is 36.2 Å². The number of benzene rings is 1. The van der Waals surface area contributed by atoms with Crippen molar-refractivity contribution in [1.82, 2.24) is 4.57 Å². The molecule has 0 radical (unpaired) electrons. The normalized spacial score (nSPS) is 11.5. The Labute approximate surface area is 120 Å². The molecule has 2 aromatic rings. The van der Waals surface area contributed by atoms with Gasteiger partial charge < -0.3 is 9.88 Å².